The molecule has 0 aromatic heterocycles. The number of Topliss-reactive ketones (excluding diaryl/α,β-unsaturated/α-hetero) is 1. The Balaban J connectivity index is 1.38. The van der Waals surface area contributed by atoms with Gasteiger partial charge in [-0.1, -0.05) is 17.7 Å². The van der Waals surface area contributed by atoms with Crippen molar-refractivity contribution >= 4 is 23.1 Å². The van der Waals surface area contributed by atoms with Gasteiger partial charge in [0.2, 0.25) is 0 Å². The second-order valence-electron chi connectivity index (χ2n) is 7.99. The van der Waals surface area contributed by atoms with Gasteiger partial charge in [0.1, 0.15) is 5.78 Å². The predicted octanol–water partition coefficient (Wildman–Crippen LogP) is 3.46. The Morgan fingerprint density at radius 3 is 2.42 bits per heavy atom. The molecule has 5 heteroatoms. The van der Waals surface area contributed by atoms with Gasteiger partial charge in [0.05, 0.1) is 17.3 Å². The summed E-state index contributed by atoms with van der Waals surface area (Å²) in [6, 6.07) is 6.29. The SMILES string of the molecule is CC(=O)CN1CCC(CCN2CCN(c3cc(C)ccc3Cl)CC2)CC1. The van der Waals surface area contributed by atoms with Crippen LogP contribution in [0.2, 0.25) is 5.02 Å². The van der Waals surface area contributed by atoms with Crippen molar-refractivity contribution < 1.29 is 4.79 Å². The molecule has 2 saturated heterocycles. The predicted molar refractivity (Wildman–Crippen MR) is 109 cm³/mol. The number of anilines is 1. The number of rotatable bonds is 6. The second kappa shape index (κ2) is 9.20. The van der Waals surface area contributed by atoms with Crippen LogP contribution in [0.25, 0.3) is 0 Å². The Morgan fingerprint density at radius 2 is 1.77 bits per heavy atom. The van der Waals surface area contributed by atoms with Crippen LogP contribution in [0.1, 0.15) is 31.7 Å². The lowest BCUT2D eigenvalue weighted by atomic mass is 9.93. The number of nitrogens with zero attached hydrogens (tertiary/aromatic N) is 3. The lowest BCUT2D eigenvalue weighted by Gasteiger charge is -2.38. The summed E-state index contributed by atoms with van der Waals surface area (Å²) in [5.41, 5.74) is 2.45. The van der Waals surface area contributed by atoms with Gasteiger partial charge in [-0.05, 0) is 76.4 Å². The van der Waals surface area contributed by atoms with Crippen LogP contribution >= 0.6 is 11.6 Å². The van der Waals surface area contributed by atoms with Crippen molar-refractivity contribution in [1.29, 1.82) is 0 Å². The van der Waals surface area contributed by atoms with Gasteiger partial charge in [-0.3, -0.25) is 14.6 Å². The number of likely N-dealkylation sites (tertiary alicyclic amines) is 1. The number of carbonyl (C=O) groups excluding carboxylic acids is 1. The fourth-order valence-electron chi connectivity index (χ4n) is 4.19. The van der Waals surface area contributed by atoms with Crippen molar-refractivity contribution in [3.05, 3.63) is 28.8 Å². The van der Waals surface area contributed by atoms with Gasteiger partial charge in [-0.2, -0.15) is 0 Å². The van der Waals surface area contributed by atoms with Crippen LogP contribution in [0.3, 0.4) is 0 Å². The molecule has 2 fully saturated rings. The van der Waals surface area contributed by atoms with E-state index in [0.29, 0.717) is 6.54 Å². The van der Waals surface area contributed by atoms with E-state index in [2.05, 4.69) is 33.8 Å². The Labute approximate surface area is 163 Å². The third kappa shape index (κ3) is 5.45. The van der Waals surface area contributed by atoms with Crippen LogP contribution in [0.15, 0.2) is 18.2 Å². The molecule has 0 N–H and O–H groups in total. The molecule has 0 atom stereocenters. The van der Waals surface area contributed by atoms with Gasteiger partial charge in [-0.15, -0.1) is 0 Å². The van der Waals surface area contributed by atoms with Gasteiger partial charge < -0.3 is 4.90 Å². The summed E-state index contributed by atoms with van der Waals surface area (Å²) < 4.78 is 0. The highest BCUT2D eigenvalue weighted by atomic mass is 35.5. The smallest absolute Gasteiger partial charge is 0.143 e. The van der Waals surface area contributed by atoms with Crippen molar-refractivity contribution in [3.63, 3.8) is 0 Å². The second-order valence-corrected chi connectivity index (χ2v) is 8.40. The molecule has 3 rings (SSSR count). The average molecular weight is 378 g/mol. The Bertz CT molecular complexity index is 605. The first-order valence-corrected chi connectivity index (χ1v) is 10.3. The minimum absolute atomic E-state index is 0.287. The summed E-state index contributed by atoms with van der Waals surface area (Å²) >= 11 is 6.39. The largest absolute Gasteiger partial charge is 0.368 e. The molecule has 2 aliphatic heterocycles. The molecule has 0 bridgehead atoms. The summed E-state index contributed by atoms with van der Waals surface area (Å²) in [4.78, 5) is 18.6. The number of hydrogen-bond donors (Lipinski definition) is 0. The summed E-state index contributed by atoms with van der Waals surface area (Å²) in [7, 11) is 0. The number of carbonyl (C=O) groups is 1. The molecule has 0 saturated carbocycles. The zero-order valence-corrected chi connectivity index (χ0v) is 17.0. The van der Waals surface area contributed by atoms with E-state index in [-0.39, 0.29) is 5.78 Å². The molecule has 144 valence electrons. The van der Waals surface area contributed by atoms with Crippen LogP contribution in [0.5, 0.6) is 0 Å². The van der Waals surface area contributed by atoms with E-state index in [9.17, 15) is 4.79 Å². The van der Waals surface area contributed by atoms with E-state index in [1.54, 1.807) is 6.92 Å². The van der Waals surface area contributed by atoms with Crippen molar-refractivity contribution in [2.24, 2.45) is 5.92 Å². The van der Waals surface area contributed by atoms with E-state index in [1.165, 1.54) is 37.1 Å². The number of ketones is 1. The first kappa shape index (κ1) is 19.7. The van der Waals surface area contributed by atoms with Crippen LogP contribution in [0.4, 0.5) is 5.69 Å². The van der Waals surface area contributed by atoms with Crippen LogP contribution in [-0.2, 0) is 4.79 Å². The van der Waals surface area contributed by atoms with E-state index < -0.39 is 0 Å². The highest BCUT2D eigenvalue weighted by molar-refractivity contribution is 6.33. The van der Waals surface area contributed by atoms with Crippen LogP contribution < -0.4 is 4.90 Å². The first-order chi connectivity index (χ1) is 12.5. The quantitative estimate of drug-likeness (QED) is 0.758. The Kier molecular flexibility index (Phi) is 6.96. The molecular weight excluding hydrogens is 346 g/mol. The lowest BCUT2D eigenvalue weighted by molar-refractivity contribution is -0.118. The van der Waals surface area contributed by atoms with Crippen molar-refractivity contribution in [1.82, 2.24) is 9.80 Å². The van der Waals surface area contributed by atoms with Crippen LogP contribution in [-0.4, -0.2) is 67.9 Å². The average Bonchev–Trinajstić information content (AvgIpc) is 2.63. The highest BCUT2D eigenvalue weighted by Gasteiger charge is 2.23. The maximum absolute atomic E-state index is 11.2. The third-order valence-electron chi connectivity index (χ3n) is 5.82. The lowest BCUT2D eigenvalue weighted by Crippen LogP contribution is -2.47. The highest BCUT2D eigenvalue weighted by Crippen LogP contribution is 2.28. The normalized spacial score (nSPS) is 20.5. The fraction of sp³-hybridized carbons (Fsp3) is 0.667. The molecular formula is C21H32ClN3O. The van der Waals surface area contributed by atoms with E-state index in [4.69, 9.17) is 11.6 Å². The molecule has 0 radical (unpaired) electrons. The maximum Gasteiger partial charge on any atom is 0.143 e. The van der Waals surface area contributed by atoms with Gasteiger partial charge in [-0.25, -0.2) is 0 Å². The van der Waals surface area contributed by atoms with Gasteiger partial charge in [0, 0.05) is 26.2 Å². The minimum Gasteiger partial charge on any atom is -0.368 e. The van der Waals surface area contributed by atoms with E-state index in [1.807, 2.05) is 6.07 Å². The van der Waals surface area contributed by atoms with E-state index in [0.717, 1.165) is 50.2 Å². The summed E-state index contributed by atoms with van der Waals surface area (Å²) in [6.45, 7) is 12.2. The number of benzene rings is 1. The number of aryl methyl sites for hydroxylation is 1. The molecule has 1 aromatic rings. The summed E-state index contributed by atoms with van der Waals surface area (Å²) in [6.07, 6.45) is 3.78. The van der Waals surface area contributed by atoms with Crippen molar-refractivity contribution in [3.8, 4) is 0 Å². The van der Waals surface area contributed by atoms with Crippen LogP contribution in [0, 0.1) is 12.8 Å². The molecule has 26 heavy (non-hydrogen) atoms. The molecule has 0 aliphatic carbocycles. The first-order valence-electron chi connectivity index (χ1n) is 9.96. The number of hydrogen-bond acceptors (Lipinski definition) is 4. The van der Waals surface area contributed by atoms with Gasteiger partial charge >= 0.3 is 0 Å². The summed E-state index contributed by atoms with van der Waals surface area (Å²) in [5.74, 6) is 1.11. The number of piperazine rings is 1. The molecule has 1 aromatic carbocycles. The Morgan fingerprint density at radius 1 is 1.08 bits per heavy atom. The molecule has 0 spiro atoms. The molecule has 2 heterocycles. The zero-order chi connectivity index (χ0) is 18.5. The standard InChI is InChI=1S/C21H32ClN3O/c1-17-3-4-20(22)21(15-17)25-13-11-23(12-14-25)8-5-19-6-9-24(10-7-19)16-18(2)26/h3-4,15,19H,5-14,16H2,1-2H3. The zero-order valence-electron chi connectivity index (χ0n) is 16.2. The number of halogens is 1. The van der Waals surface area contributed by atoms with Gasteiger partial charge in [0.25, 0.3) is 0 Å². The minimum atomic E-state index is 0.287. The molecule has 0 amide bonds. The molecule has 4 nitrogen and oxygen atoms in total. The molecule has 0 unspecified atom stereocenters. The van der Waals surface area contributed by atoms with E-state index >= 15 is 0 Å². The van der Waals surface area contributed by atoms with Gasteiger partial charge in [0.15, 0.2) is 0 Å². The fourth-order valence-corrected chi connectivity index (χ4v) is 4.43. The maximum atomic E-state index is 11.2. The van der Waals surface area contributed by atoms with Crippen molar-refractivity contribution in [2.75, 3.05) is 57.3 Å². The Hall–Kier alpha value is -1.10. The van der Waals surface area contributed by atoms with Crippen molar-refractivity contribution in [2.45, 2.75) is 33.1 Å². The number of piperidine rings is 1. The molecule has 2 aliphatic rings. The summed E-state index contributed by atoms with van der Waals surface area (Å²) in [5, 5.41) is 0.862. The monoisotopic (exact) mass is 377 g/mol. The topological polar surface area (TPSA) is 26.8 Å². The third-order valence-corrected chi connectivity index (χ3v) is 6.14.